The predicted molar refractivity (Wildman–Crippen MR) is 104 cm³/mol. The van der Waals surface area contributed by atoms with Crippen LogP contribution in [0.2, 0.25) is 0 Å². The van der Waals surface area contributed by atoms with Crippen LogP contribution in [0.3, 0.4) is 0 Å². The van der Waals surface area contributed by atoms with Gasteiger partial charge in [0.25, 0.3) is 5.91 Å². The van der Waals surface area contributed by atoms with Crippen LogP contribution in [-0.2, 0) is 11.3 Å². The lowest BCUT2D eigenvalue weighted by atomic mass is 9.97. The minimum atomic E-state index is -0.392. The van der Waals surface area contributed by atoms with E-state index in [1.165, 1.54) is 17.6 Å². The molecule has 0 aliphatic heterocycles. The molecule has 1 amide bonds. The lowest BCUT2D eigenvalue weighted by Gasteiger charge is -2.13. The van der Waals surface area contributed by atoms with Crippen molar-refractivity contribution in [1.82, 2.24) is 15.5 Å². The maximum atomic E-state index is 12.1. The van der Waals surface area contributed by atoms with Crippen LogP contribution in [0.4, 0.5) is 0 Å². The minimum absolute atomic E-state index is 0. The van der Waals surface area contributed by atoms with Crippen LogP contribution in [-0.4, -0.2) is 34.6 Å². The molecule has 8 heteroatoms. The number of aromatic nitrogens is 2. The summed E-state index contributed by atoms with van der Waals surface area (Å²) in [7, 11) is 0. The molecule has 1 aromatic carbocycles. The summed E-state index contributed by atoms with van der Waals surface area (Å²) in [5.74, 6) is 4.89. The van der Waals surface area contributed by atoms with Crippen LogP contribution >= 0.6 is 11.3 Å². The number of hydrogen-bond donors (Lipinski definition) is 2. The minimum Gasteiger partial charge on any atom is -0.344 e. The third-order valence-corrected chi connectivity index (χ3v) is 4.01. The fourth-order valence-electron chi connectivity index (χ4n) is 1.83. The maximum absolute atomic E-state index is 12.1. The van der Waals surface area contributed by atoms with Crippen molar-refractivity contribution in [3.05, 3.63) is 35.3 Å². The summed E-state index contributed by atoms with van der Waals surface area (Å²) in [6.07, 6.45) is 1.40. The summed E-state index contributed by atoms with van der Waals surface area (Å²) in [6.45, 7) is 7.02. The number of rotatable bonds is 6. The Labute approximate surface area is 152 Å². The van der Waals surface area contributed by atoms with Crippen molar-refractivity contribution in [3.63, 3.8) is 0 Å². The number of nitrogens with two attached hydrogens (primary N) is 1. The van der Waals surface area contributed by atoms with Crippen LogP contribution < -0.4 is 11.2 Å². The molecule has 0 atom stereocenters. The van der Waals surface area contributed by atoms with E-state index in [1.807, 2.05) is 30.3 Å². The Balaban J connectivity index is 0.00000338. The van der Waals surface area contributed by atoms with E-state index < -0.39 is 5.91 Å². The first-order valence-corrected chi connectivity index (χ1v) is 8.64. The molecule has 0 spiro atoms. The van der Waals surface area contributed by atoms with Gasteiger partial charge in [-0.2, -0.15) is 5.10 Å². The third kappa shape index (κ3) is 6.07. The molecule has 0 aliphatic rings. The molecule has 25 heavy (non-hydrogen) atoms. The van der Waals surface area contributed by atoms with Gasteiger partial charge in [0, 0.05) is 13.5 Å². The van der Waals surface area contributed by atoms with Gasteiger partial charge in [-0.3, -0.25) is 9.79 Å². The highest BCUT2D eigenvalue weighted by Gasteiger charge is 2.13. The van der Waals surface area contributed by atoms with Crippen molar-refractivity contribution >= 4 is 29.2 Å². The zero-order valence-electron chi connectivity index (χ0n) is 14.6. The molecule has 7 nitrogen and oxygen atoms in total. The van der Waals surface area contributed by atoms with Gasteiger partial charge >= 0.3 is 0 Å². The molecule has 0 unspecified atom stereocenters. The topological polar surface area (TPSA) is 106 Å². The molecule has 1 aromatic heterocycles. The third-order valence-electron chi connectivity index (χ3n) is 3.04. The Morgan fingerprint density at radius 1 is 1.32 bits per heavy atom. The SMILES string of the molecule is CC(C)(C)CN=C/C(=N\N)C(=O)NCc1nnc(-c2ccccc2)s1.[HH]. The number of nitrogens with one attached hydrogen (secondary N) is 1. The van der Waals surface area contributed by atoms with Crippen LogP contribution in [0, 0.1) is 5.41 Å². The Hall–Kier alpha value is -2.61. The van der Waals surface area contributed by atoms with Gasteiger partial charge in [0.05, 0.1) is 12.8 Å². The van der Waals surface area contributed by atoms with Crippen molar-refractivity contribution in [3.8, 4) is 10.6 Å². The molecular weight excluding hydrogens is 336 g/mol. The molecule has 0 radical (unpaired) electrons. The summed E-state index contributed by atoms with van der Waals surface area (Å²) in [6, 6.07) is 9.76. The lowest BCUT2D eigenvalue weighted by Crippen LogP contribution is -2.32. The first-order valence-electron chi connectivity index (χ1n) is 7.83. The molecule has 3 N–H and O–H groups in total. The van der Waals surface area contributed by atoms with Gasteiger partial charge in [0.2, 0.25) is 0 Å². The molecule has 0 saturated heterocycles. The molecule has 1 heterocycles. The number of benzene rings is 1. The number of hydrazone groups is 1. The van der Waals surface area contributed by atoms with Crippen molar-refractivity contribution in [2.24, 2.45) is 21.4 Å². The maximum Gasteiger partial charge on any atom is 0.273 e. The Morgan fingerprint density at radius 2 is 2.04 bits per heavy atom. The van der Waals surface area contributed by atoms with E-state index in [9.17, 15) is 4.79 Å². The number of hydrogen-bond acceptors (Lipinski definition) is 7. The van der Waals surface area contributed by atoms with E-state index in [2.05, 4.69) is 46.4 Å². The highest BCUT2D eigenvalue weighted by molar-refractivity contribution is 7.14. The molecule has 134 valence electrons. The Bertz CT molecular complexity index is 767. The first-order chi connectivity index (χ1) is 11.9. The van der Waals surface area contributed by atoms with Crippen LogP contribution in [0.5, 0.6) is 0 Å². The summed E-state index contributed by atoms with van der Waals surface area (Å²) in [5, 5.41) is 16.0. The smallest absolute Gasteiger partial charge is 0.273 e. The van der Waals surface area contributed by atoms with Gasteiger partial charge in [0.1, 0.15) is 10.0 Å². The van der Waals surface area contributed by atoms with Crippen LogP contribution in [0.15, 0.2) is 40.4 Å². The predicted octanol–water partition coefficient (Wildman–Crippen LogP) is 2.50. The quantitative estimate of drug-likeness (QED) is 0.469. The fourth-order valence-corrected chi connectivity index (χ4v) is 2.61. The zero-order chi connectivity index (χ0) is 18.3. The average molecular weight is 360 g/mol. The second-order valence-electron chi connectivity index (χ2n) is 6.59. The normalized spacial score (nSPS) is 12.5. The van der Waals surface area contributed by atoms with Gasteiger partial charge in [0.15, 0.2) is 5.71 Å². The molecule has 0 fully saturated rings. The van der Waals surface area contributed by atoms with Gasteiger partial charge in [-0.05, 0) is 5.41 Å². The van der Waals surface area contributed by atoms with E-state index in [4.69, 9.17) is 5.84 Å². The fraction of sp³-hybridized carbons (Fsp3) is 0.353. The van der Waals surface area contributed by atoms with Gasteiger partial charge in [-0.15, -0.1) is 10.2 Å². The summed E-state index contributed by atoms with van der Waals surface area (Å²) >= 11 is 1.43. The summed E-state index contributed by atoms with van der Waals surface area (Å²) in [4.78, 5) is 16.3. The standard InChI is InChI=1S/C17H22N6OS.H2/c1-17(2,3)11-19-9-13(21-18)15(24)20-10-14-22-23-16(25-14)12-7-5-4-6-8-12;/h4-9H,10-11,18H2,1-3H3,(H,20,24);1H/b19-9?,21-13+;. The number of aliphatic imine (C=N–C) groups is 1. The largest absolute Gasteiger partial charge is 0.344 e. The average Bonchev–Trinajstić information content (AvgIpc) is 3.05. The van der Waals surface area contributed by atoms with E-state index in [0.29, 0.717) is 11.6 Å². The van der Waals surface area contributed by atoms with E-state index in [1.54, 1.807) is 0 Å². The molecular formula is C17H24N6OS. The summed E-state index contributed by atoms with van der Waals surface area (Å²) in [5.41, 5.74) is 1.11. The van der Waals surface area contributed by atoms with Gasteiger partial charge in [-0.25, -0.2) is 0 Å². The van der Waals surface area contributed by atoms with Crippen molar-refractivity contribution in [2.75, 3.05) is 6.54 Å². The first kappa shape index (κ1) is 18.7. The van der Waals surface area contributed by atoms with E-state index >= 15 is 0 Å². The molecule has 0 bridgehead atoms. The van der Waals surface area contributed by atoms with E-state index in [-0.39, 0.29) is 19.1 Å². The van der Waals surface area contributed by atoms with Crippen molar-refractivity contribution in [2.45, 2.75) is 27.3 Å². The number of carbonyl (C=O) groups excluding carboxylic acids is 1. The van der Waals surface area contributed by atoms with Crippen LogP contribution in [0.25, 0.3) is 10.6 Å². The Morgan fingerprint density at radius 3 is 2.68 bits per heavy atom. The summed E-state index contributed by atoms with van der Waals surface area (Å²) < 4.78 is 0. The number of carbonyl (C=O) groups is 1. The van der Waals surface area contributed by atoms with Gasteiger partial charge < -0.3 is 11.2 Å². The highest BCUT2D eigenvalue weighted by Crippen LogP contribution is 2.22. The molecule has 2 aromatic rings. The monoisotopic (exact) mass is 360 g/mol. The van der Waals surface area contributed by atoms with E-state index in [0.717, 1.165) is 10.6 Å². The molecule has 0 saturated carbocycles. The number of amides is 1. The zero-order valence-corrected chi connectivity index (χ0v) is 15.4. The van der Waals surface area contributed by atoms with Crippen molar-refractivity contribution < 1.29 is 6.22 Å². The van der Waals surface area contributed by atoms with Crippen LogP contribution in [0.1, 0.15) is 27.2 Å². The molecule has 2 rings (SSSR count). The second-order valence-corrected chi connectivity index (χ2v) is 7.66. The lowest BCUT2D eigenvalue weighted by molar-refractivity contribution is -0.114. The highest BCUT2D eigenvalue weighted by atomic mass is 32.1. The Kier molecular flexibility index (Phi) is 6.35. The number of nitrogens with zero attached hydrogens (tertiary/aromatic N) is 4. The second kappa shape index (κ2) is 8.48. The van der Waals surface area contributed by atoms with Gasteiger partial charge in [-0.1, -0.05) is 62.4 Å². The molecule has 0 aliphatic carbocycles. The van der Waals surface area contributed by atoms with Crippen molar-refractivity contribution in [1.29, 1.82) is 0 Å².